The van der Waals surface area contributed by atoms with Gasteiger partial charge < -0.3 is 10.6 Å². The maximum Gasteiger partial charge on any atom is 0.417 e. The summed E-state index contributed by atoms with van der Waals surface area (Å²) in [7, 11) is -3.03. The number of nitrogens with zero attached hydrogens (tertiary/aromatic N) is 1. The number of carbonyl (C=O) groups excluding carboxylic acids is 1. The van der Waals surface area contributed by atoms with Gasteiger partial charge >= 0.3 is 6.18 Å². The first-order chi connectivity index (χ1) is 17.1. The Bertz CT molecular complexity index is 1380. The quantitative estimate of drug-likeness (QED) is 0.399. The largest absolute Gasteiger partial charge is 0.417 e. The number of amides is 1. The molecule has 3 aromatic rings. The third-order valence-corrected chi connectivity index (χ3v) is 9.30. The second-order valence-corrected chi connectivity index (χ2v) is 11.6. The van der Waals surface area contributed by atoms with Crippen molar-refractivity contribution in [3.8, 4) is 11.1 Å². The Morgan fingerprint density at radius 1 is 0.972 bits per heavy atom. The van der Waals surface area contributed by atoms with Crippen LogP contribution in [0.25, 0.3) is 11.1 Å². The van der Waals surface area contributed by atoms with Gasteiger partial charge in [-0.2, -0.15) is 13.2 Å². The van der Waals surface area contributed by atoms with Gasteiger partial charge in [0.05, 0.1) is 15.3 Å². The van der Waals surface area contributed by atoms with E-state index < -0.39 is 21.5 Å². The van der Waals surface area contributed by atoms with Gasteiger partial charge in [-0.25, -0.2) is 14.0 Å². The standard InChI is InChI=1S/C26H25F3N4O2S/c27-26(28,29)19-5-12-24(31-15-19)33-20-6-10-22(11-7-20)36(30,35)21-8-3-16(4-9-21)17-1-2-18-14-32-25(34)23(18)13-17/h1-5,8-9,12-13,15,20,22,30H,6-7,10-11,14H2,(H,31,33)(H,32,34). The minimum Gasteiger partial charge on any atom is -0.367 e. The molecule has 1 saturated carbocycles. The first-order valence-electron chi connectivity index (χ1n) is 11.7. The van der Waals surface area contributed by atoms with Gasteiger partial charge in [0, 0.05) is 34.5 Å². The lowest BCUT2D eigenvalue weighted by Crippen LogP contribution is -2.32. The number of halogens is 3. The van der Waals surface area contributed by atoms with E-state index in [1.165, 1.54) is 6.07 Å². The Labute approximate surface area is 207 Å². The minimum absolute atomic E-state index is 0.0000666. The third-order valence-electron chi connectivity index (χ3n) is 6.92. The van der Waals surface area contributed by atoms with Gasteiger partial charge in [0.1, 0.15) is 5.82 Å². The average Bonchev–Trinajstić information content (AvgIpc) is 3.24. The number of pyridine rings is 1. The zero-order valence-corrected chi connectivity index (χ0v) is 20.1. The molecule has 1 atom stereocenters. The summed E-state index contributed by atoms with van der Waals surface area (Å²) in [5, 5.41) is 5.66. The first-order valence-corrected chi connectivity index (χ1v) is 13.3. The number of alkyl halides is 3. The van der Waals surface area contributed by atoms with Crippen LogP contribution in [0.5, 0.6) is 0 Å². The van der Waals surface area contributed by atoms with Crippen LogP contribution in [0.1, 0.15) is 47.2 Å². The molecule has 0 spiro atoms. The number of rotatable bonds is 5. The minimum atomic E-state index is -4.42. The molecule has 188 valence electrons. The summed E-state index contributed by atoms with van der Waals surface area (Å²) in [6, 6.07) is 15.2. The van der Waals surface area contributed by atoms with E-state index in [4.69, 9.17) is 4.78 Å². The Morgan fingerprint density at radius 3 is 2.31 bits per heavy atom. The number of anilines is 1. The molecule has 0 radical (unpaired) electrons. The number of nitrogens with one attached hydrogen (secondary N) is 3. The molecule has 3 N–H and O–H groups in total. The first kappa shape index (κ1) is 24.3. The highest BCUT2D eigenvalue weighted by Crippen LogP contribution is 2.33. The van der Waals surface area contributed by atoms with Gasteiger partial charge in [0.25, 0.3) is 5.91 Å². The van der Waals surface area contributed by atoms with Crippen molar-refractivity contribution < 1.29 is 22.2 Å². The molecule has 6 nitrogen and oxygen atoms in total. The second kappa shape index (κ2) is 9.24. The second-order valence-electron chi connectivity index (χ2n) is 9.23. The zero-order chi connectivity index (χ0) is 25.5. The van der Waals surface area contributed by atoms with Gasteiger partial charge in [-0.15, -0.1) is 0 Å². The van der Waals surface area contributed by atoms with E-state index in [2.05, 4.69) is 15.6 Å². The molecule has 10 heteroatoms. The molecular weight excluding hydrogens is 489 g/mol. The molecule has 1 aliphatic heterocycles. The number of aromatic nitrogens is 1. The van der Waals surface area contributed by atoms with Gasteiger partial charge in [-0.3, -0.25) is 4.79 Å². The number of carbonyl (C=O) groups is 1. The summed E-state index contributed by atoms with van der Waals surface area (Å²) in [6.45, 7) is 0.535. The van der Waals surface area contributed by atoms with E-state index >= 15 is 0 Å². The van der Waals surface area contributed by atoms with Crippen LogP contribution < -0.4 is 10.6 Å². The van der Waals surface area contributed by atoms with Crippen LogP contribution in [-0.2, 0) is 22.5 Å². The lowest BCUT2D eigenvalue weighted by Gasteiger charge is -2.30. The van der Waals surface area contributed by atoms with Crippen molar-refractivity contribution in [2.24, 2.45) is 0 Å². The van der Waals surface area contributed by atoms with Gasteiger partial charge in [-0.05, 0) is 72.7 Å². The molecule has 1 amide bonds. The van der Waals surface area contributed by atoms with Crippen LogP contribution in [0.3, 0.4) is 0 Å². The van der Waals surface area contributed by atoms with Gasteiger partial charge in [0.2, 0.25) is 0 Å². The van der Waals surface area contributed by atoms with E-state index in [1.807, 2.05) is 30.3 Å². The number of fused-ring (bicyclic) bond motifs is 1. The molecule has 1 aromatic heterocycles. The van der Waals surface area contributed by atoms with Crippen LogP contribution in [0.15, 0.2) is 65.7 Å². The molecule has 1 aliphatic carbocycles. The normalized spacial score (nSPS) is 21.4. The van der Waals surface area contributed by atoms with Crippen LogP contribution in [0, 0.1) is 4.78 Å². The Morgan fingerprint density at radius 2 is 1.67 bits per heavy atom. The SMILES string of the molecule is N=S(=O)(c1ccc(-c2ccc3c(c2)C(=O)NC3)cc1)C1CCC(Nc2ccc(C(F)(F)F)cn2)CC1. The number of benzene rings is 2. The maximum atomic E-state index is 13.5. The Kier molecular flexibility index (Phi) is 6.23. The highest BCUT2D eigenvalue weighted by atomic mass is 32.2. The summed E-state index contributed by atoms with van der Waals surface area (Å²) in [5.74, 6) is 0.287. The molecule has 5 rings (SSSR count). The molecule has 0 bridgehead atoms. The summed E-state index contributed by atoms with van der Waals surface area (Å²) < 4.78 is 60.3. The Balaban J connectivity index is 1.22. The van der Waals surface area contributed by atoms with E-state index in [0.717, 1.165) is 29.0 Å². The van der Waals surface area contributed by atoms with Crippen molar-refractivity contribution in [2.75, 3.05) is 5.32 Å². The number of hydrogen-bond donors (Lipinski definition) is 3. The van der Waals surface area contributed by atoms with Gasteiger partial charge in [0.15, 0.2) is 0 Å². The van der Waals surface area contributed by atoms with Crippen LogP contribution >= 0.6 is 0 Å². The van der Waals surface area contributed by atoms with Crippen LogP contribution in [0.4, 0.5) is 19.0 Å². The fraction of sp³-hybridized carbons (Fsp3) is 0.308. The summed E-state index contributed by atoms with van der Waals surface area (Å²) in [6.07, 6.45) is -1.17. The van der Waals surface area contributed by atoms with Crippen molar-refractivity contribution in [3.63, 3.8) is 0 Å². The highest BCUT2D eigenvalue weighted by Gasteiger charge is 2.32. The van der Waals surface area contributed by atoms with Crippen molar-refractivity contribution in [1.29, 1.82) is 4.78 Å². The molecule has 0 saturated heterocycles. The average molecular weight is 515 g/mol. The van der Waals surface area contributed by atoms with Crippen LogP contribution in [0.2, 0.25) is 0 Å². The van der Waals surface area contributed by atoms with Crippen LogP contribution in [-0.4, -0.2) is 26.4 Å². The Hall–Kier alpha value is -3.40. The third kappa shape index (κ3) is 4.82. The molecule has 2 heterocycles. The van der Waals surface area contributed by atoms with Gasteiger partial charge in [-0.1, -0.05) is 24.3 Å². The smallest absolute Gasteiger partial charge is 0.367 e. The predicted octanol–water partition coefficient (Wildman–Crippen LogP) is 5.84. The van der Waals surface area contributed by atoms with E-state index in [-0.39, 0.29) is 17.2 Å². The van der Waals surface area contributed by atoms with Crippen molar-refractivity contribution in [1.82, 2.24) is 10.3 Å². The van der Waals surface area contributed by atoms with E-state index in [9.17, 15) is 22.2 Å². The van der Waals surface area contributed by atoms with Crippen molar-refractivity contribution in [2.45, 2.75) is 54.6 Å². The summed E-state index contributed by atoms with van der Waals surface area (Å²) in [5.41, 5.74) is 2.61. The van der Waals surface area contributed by atoms with Crippen molar-refractivity contribution in [3.05, 3.63) is 77.5 Å². The molecular formula is C26H25F3N4O2S. The monoisotopic (exact) mass is 514 g/mol. The molecule has 2 aliphatic rings. The predicted molar refractivity (Wildman–Crippen MR) is 131 cm³/mol. The summed E-state index contributed by atoms with van der Waals surface area (Å²) in [4.78, 5) is 16.3. The topological polar surface area (TPSA) is 94.9 Å². The number of hydrogen-bond acceptors (Lipinski definition) is 5. The molecule has 1 unspecified atom stereocenters. The zero-order valence-electron chi connectivity index (χ0n) is 19.3. The summed E-state index contributed by atoms with van der Waals surface area (Å²) >= 11 is 0. The molecule has 36 heavy (non-hydrogen) atoms. The fourth-order valence-electron chi connectivity index (χ4n) is 4.83. The van der Waals surface area contributed by atoms with E-state index in [0.29, 0.717) is 48.5 Å². The lowest BCUT2D eigenvalue weighted by molar-refractivity contribution is -0.137. The highest BCUT2D eigenvalue weighted by molar-refractivity contribution is 7.93. The maximum absolute atomic E-state index is 13.5. The fourth-order valence-corrected chi connectivity index (χ4v) is 6.69. The molecule has 2 aromatic carbocycles. The molecule has 1 fully saturated rings. The lowest BCUT2D eigenvalue weighted by atomic mass is 9.95. The van der Waals surface area contributed by atoms with Crippen molar-refractivity contribution >= 4 is 21.5 Å². The van der Waals surface area contributed by atoms with E-state index in [1.54, 1.807) is 12.1 Å².